The second-order valence-electron chi connectivity index (χ2n) is 10.3. The van der Waals surface area contributed by atoms with E-state index in [0.29, 0.717) is 30.8 Å². The van der Waals surface area contributed by atoms with Gasteiger partial charge in [0.05, 0.1) is 23.8 Å². The Hall–Kier alpha value is -3.89. The molecule has 0 radical (unpaired) electrons. The molecule has 0 bridgehead atoms. The molecule has 0 fully saturated rings. The first-order valence-corrected chi connectivity index (χ1v) is 16.3. The number of carbonyl (C=O) groups is 2. The molecule has 0 saturated carbocycles. The minimum absolute atomic E-state index is 0.00415. The predicted octanol–water partition coefficient (Wildman–Crippen LogP) is 5.38. The van der Waals surface area contributed by atoms with E-state index in [1.165, 1.54) is 23.1 Å². The maximum Gasteiger partial charge on any atom is 0.262 e. The van der Waals surface area contributed by atoms with Gasteiger partial charge in [0.25, 0.3) is 5.91 Å². The first kappa shape index (κ1) is 31.5. The highest BCUT2D eigenvalue weighted by atomic mass is 35.5. The minimum atomic E-state index is -4.24. The number of hydrogen-bond acceptors (Lipinski definition) is 5. The molecule has 8 nitrogen and oxygen atoms in total. The molecule has 44 heavy (non-hydrogen) atoms. The van der Waals surface area contributed by atoms with Crippen molar-refractivity contribution in [1.82, 2.24) is 9.62 Å². The van der Waals surface area contributed by atoms with E-state index in [9.17, 15) is 18.0 Å². The zero-order valence-corrected chi connectivity index (χ0v) is 26.1. The van der Waals surface area contributed by atoms with Crippen LogP contribution in [0.15, 0.2) is 108 Å². The van der Waals surface area contributed by atoms with Gasteiger partial charge in [-0.1, -0.05) is 96.0 Å². The maximum atomic E-state index is 14.0. The summed E-state index contributed by atoms with van der Waals surface area (Å²) in [6.45, 7) is -0.174. The van der Waals surface area contributed by atoms with Crippen LogP contribution in [0.2, 0.25) is 10.0 Å². The summed E-state index contributed by atoms with van der Waals surface area (Å²) < 4.78 is 34.9. The van der Waals surface area contributed by atoms with Crippen molar-refractivity contribution in [3.63, 3.8) is 0 Å². The lowest BCUT2D eigenvalue weighted by Crippen LogP contribution is -2.53. The lowest BCUT2D eigenvalue weighted by atomic mass is 10.1. The number of halogens is 2. The van der Waals surface area contributed by atoms with E-state index in [1.54, 1.807) is 24.3 Å². The maximum absolute atomic E-state index is 14.0. The summed E-state index contributed by atoms with van der Waals surface area (Å²) >= 11 is 12.4. The Bertz CT molecular complexity index is 1720. The fourth-order valence-electron chi connectivity index (χ4n) is 4.93. The summed E-state index contributed by atoms with van der Waals surface area (Å²) in [7, 11) is -4.24. The van der Waals surface area contributed by atoms with Crippen molar-refractivity contribution in [1.29, 1.82) is 0 Å². The third-order valence-corrected chi connectivity index (χ3v) is 9.80. The van der Waals surface area contributed by atoms with Crippen molar-refractivity contribution in [3.05, 3.63) is 124 Å². The average Bonchev–Trinajstić information content (AvgIpc) is 3.04. The van der Waals surface area contributed by atoms with Crippen LogP contribution in [0.3, 0.4) is 0 Å². The van der Waals surface area contributed by atoms with Crippen molar-refractivity contribution in [2.45, 2.75) is 23.8 Å². The summed E-state index contributed by atoms with van der Waals surface area (Å²) in [6, 6.07) is 30.2. The number of sulfonamides is 1. The fourth-order valence-corrected chi connectivity index (χ4v) is 7.06. The molecule has 11 heteroatoms. The number of benzene rings is 4. The number of anilines is 1. The molecule has 1 N–H and O–H groups in total. The second kappa shape index (κ2) is 14.3. The number of nitrogens with zero attached hydrogens (tertiary/aromatic N) is 2. The topological polar surface area (TPSA) is 96.0 Å². The molecule has 0 aliphatic carbocycles. The molecule has 0 aromatic heterocycles. The Balaban J connectivity index is 1.37. The molecular formula is C33H31Cl2N3O5S. The Morgan fingerprint density at radius 1 is 0.864 bits per heavy atom. The Morgan fingerprint density at radius 3 is 2.20 bits per heavy atom. The van der Waals surface area contributed by atoms with Crippen molar-refractivity contribution in [3.8, 4) is 5.75 Å². The third-order valence-electron chi connectivity index (χ3n) is 7.24. The number of carbonyl (C=O) groups excluding carboxylic acids is 2. The van der Waals surface area contributed by atoms with Gasteiger partial charge in [-0.25, -0.2) is 8.42 Å². The molecule has 228 valence electrons. The van der Waals surface area contributed by atoms with Crippen molar-refractivity contribution in [2.75, 3.05) is 31.1 Å². The van der Waals surface area contributed by atoms with Gasteiger partial charge in [-0.15, -0.1) is 0 Å². The van der Waals surface area contributed by atoms with Crippen LogP contribution in [0.1, 0.15) is 11.1 Å². The van der Waals surface area contributed by atoms with E-state index in [4.69, 9.17) is 27.9 Å². The smallest absolute Gasteiger partial charge is 0.262 e. The van der Waals surface area contributed by atoms with Gasteiger partial charge in [-0.05, 0) is 54.3 Å². The summed E-state index contributed by atoms with van der Waals surface area (Å²) in [4.78, 5) is 28.3. The lowest BCUT2D eigenvalue weighted by Gasteiger charge is -2.35. The third kappa shape index (κ3) is 7.60. The number of fused-ring (bicyclic) bond motifs is 1. The Kier molecular flexibility index (Phi) is 10.2. The number of nitrogens with one attached hydrogen (secondary N) is 1. The van der Waals surface area contributed by atoms with Gasteiger partial charge in [0.15, 0.2) is 6.10 Å². The first-order valence-electron chi connectivity index (χ1n) is 14.1. The number of rotatable bonds is 11. The number of hydrogen-bond donors (Lipinski definition) is 1. The molecule has 1 aliphatic rings. The van der Waals surface area contributed by atoms with Gasteiger partial charge in [0.2, 0.25) is 15.9 Å². The standard InChI is InChI=1S/C33H31Cl2N3O5S/c34-26-15-16-27(35)31(21-26)44(41,42)37(20-18-25-11-5-2-6-12-25)23-32(39)38-22-30(43-29-14-8-7-13-28(29)38)33(40)36-19-17-24-9-3-1-4-10-24/h1-16,21,30H,17-20,22-23H2,(H,36,40)/t30-/m0/s1. The van der Waals surface area contributed by atoms with Crippen LogP contribution in [0.4, 0.5) is 5.69 Å². The SMILES string of the molecule is O=C(NCCc1ccccc1)[C@@H]1CN(C(=O)CN(CCc2ccccc2)S(=O)(=O)c2cc(Cl)ccc2Cl)c2ccccc2O1. The number of ether oxygens (including phenoxy) is 1. The molecule has 4 aromatic rings. The summed E-state index contributed by atoms with van der Waals surface area (Å²) in [5, 5.41) is 3.09. The zero-order valence-electron chi connectivity index (χ0n) is 23.7. The number of para-hydroxylation sites is 2. The van der Waals surface area contributed by atoms with Gasteiger partial charge in [0, 0.05) is 18.1 Å². The van der Waals surface area contributed by atoms with Crippen LogP contribution in [-0.2, 0) is 32.5 Å². The van der Waals surface area contributed by atoms with Crippen molar-refractivity contribution >= 4 is 50.7 Å². The van der Waals surface area contributed by atoms with E-state index >= 15 is 0 Å². The van der Waals surface area contributed by atoms with Gasteiger partial charge in [-0.3, -0.25) is 9.59 Å². The molecule has 0 unspecified atom stereocenters. The zero-order chi connectivity index (χ0) is 31.1. The van der Waals surface area contributed by atoms with Gasteiger partial charge >= 0.3 is 0 Å². The van der Waals surface area contributed by atoms with Crippen LogP contribution < -0.4 is 15.0 Å². The average molecular weight is 653 g/mol. The van der Waals surface area contributed by atoms with E-state index in [-0.39, 0.29) is 33.9 Å². The largest absolute Gasteiger partial charge is 0.477 e. The normalized spacial score (nSPS) is 14.5. The minimum Gasteiger partial charge on any atom is -0.477 e. The number of amides is 2. The van der Waals surface area contributed by atoms with E-state index < -0.39 is 28.6 Å². The van der Waals surface area contributed by atoms with Crippen molar-refractivity contribution < 1.29 is 22.7 Å². The monoisotopic (exact) mass is 651 g/mol. The lowest BCUT2D eigenvalue weighted by molar-refractivity contribution is -0.128. The van der Waals surface area contributed by atoms with E-state index in [0.717, 1.165) is 15.4 Å². The van der Waals surface area contributed by atoms with Gasteiger partial charge in [-0.2, -0.15) is 4.31 Å². The summed E-state index contributed by atoms with van der Waals surface area (Å²) in [5.41, 5.74) is 2.43. The predicted molar refractivity (Wildman–Crippen MR) is 172 cm³/mol. The van der Waals surface area contributed by atoms with Crippen molar-refractivity contribution in [2.24, 2.45) is 0 Å². The molecule has 1 aliphatic heterocycles. The molecule has 4 aromatic carbocycles. The highest BCUT2D eigenvalue weighted by molar-refractivity contribution is 7.89. The molecule has 1 heterocycles. The molecule has 5 rings (SSSR count). The fraction of sp³-hybridized carbons (Fsp3) is 0.212. The van der Waals surface area contributed by atoms with E-state index in [1.807, 2.05) is 60.7 Å². The Morgan fingerprint density at radius 2 is 1.50 bits per heavy atom. The molecular weight excluding hydrogens is 621 g/mol. The van der Waals surface area contributed by atoms with Crippen LogP contribution in [0, 0.1) is 0 Å². The molecule has 2 amide bonds. The first-order chi connectivity index (χ1) is 21.2. The highest BCUT2D eigenvalue weighted by Gasteiger charge is 2.36. The highest BCUT2D eigenvalue weighted by Crippen LogP contribution is 2.34. The quantitative estimate of drug-likeness (QED) is 0.235. The molecule has 1 atom stereocenters. The van der Waals surface area contributed by atoms with Crippen LogP contribution in [0.5, 0.6) is 5.75 Å². The summed E-state index contributed by atoms with van der Waals surface area (Å²) in [5.74, 6) is -0.531. The van der Waals surface area contributed by atoms with E-state index in [2.05, 4.69) is 5.32 Å². The van der Waals surface area contributed by atoms with Crippen LogP contribution in [0.25, 0.3) is 0 Å². The Labute approximate surface area is 267 Å². The molecule has 0 spiro atoms. The summed E-state index contributed by atoms with van der Waals surface area (Å²) in [6.07, 6.45) is 0.0117. The van der Waals surface area contributed by atoms with Crippen LogP contribution >= 0.6 is 23.2 Å². The molecule has 0 saturated heterocycles. The van der Waals surface area contributed by atoms with Gasteiger partial charge in [0.1, 0.15) is 10.6 Å². The second-order valence-corrected chi connectivity index (χ2v) is 13.0. The van der Waals surface area contributed by atoms with Gasteiger partial charge < -0.3 is 15.0 Å². The van der Waals surface area contributed by atoms with Crippen LogP contribution in [-0.4, -0.2) is 56.8 Å².